The van der Waals surface area contributed by atoms with E-state index < -0.39 is 36.0 Å². The minimum absolute atomic E-state index is 0.0477. The Morgan fingerprint density at radius 2 is 0.943 bits per heavy atom. The van der Waals surface area contributed by atoms with Crippen LogP contribution in [0.2, 0.25) is 0 Å². The first-order valence-electron chi connectivity index (χ1n) is 18.3. The van der Waals surface area contributed by atoms with Gasteiger partial charge in [0, 0.05) is 13.1 Å². The summed E-state index contributed by atoms with van der Waals surface area (Å²) >= 11 is 0. The van der Waals surface area contributed by atoms with E-state index in [1.807, 2.05) is 149 Å². The van der Waals surface area contributed by atoms with Crippen LogP contribution in [0.4, 0.5) is 0 Å². The van der Waals surface area contributed by atoms with Gasteiger partial charge in [-0.15, -0.1) is 0 Å². The van der Waals surface area contributed by atoms with Gasteiger partial charge in [0.25, 0.3) is 5.91 Å². The van der Waals surface area contributed by atoms with Crippen LogP contribution in [0.5, 0.6) is 0 Å². The summed E-state index contributed by atoms with van der Waals surface area (Å²) in [6.45, 7) is 7.64. The van der Waals surface area contributed by atoms with Crippen LogP contribution in [0.15, 0.2) is 121 Å². The predicted molar refractivity (Wildman–Crippen MR) is 207 cm³/mol. The molecule has 0 aromatic heterocycles. The van der Waals surface area contributed by atoms with E-state index in [1.165, 1.54) is 0 Å². The van der Waals surface area contributed by atoms with Gasteiger partial charge in [0.2, 0.25) is 17.7 Å². The first kappa shape index (κ1) is 40.5. The Bertz CT molecular complexity index is 1720. The second-order valence-electron chi connectivity index (χ2n) is 14.1. The van der Waals surface area contributed by atoms with Gasteiger partial charge in [-0.3, -0.25) is 24.6 Å². The van der Waals surface area contributed by atoms with Crippen molar-refractivity contribution in [2.75, 3.05) is 6.54 Å². The number of nitrogens with zero attached hydrogens (tertiary/aromatic N) is 1. The van der Waals surface area contributed by atoms with E-state index in [4.69, 9.17) is 0 Å². The second-order valence-corrected chi connectivity index (χ2v) is 14.1. The van der Waals surface area contributed by atoms with Gasteiger partial charge < -0.3 is 21.1 Å². The van der Waals surface area contributed by atoms with Crippen LogP contribution in [-0.2, 0) is 45.0 Å². The molecule has 4 aromatic rings. The first-order valence-corrected chi connectivity index (χ1v) is 18.3. The highest BCUT2D eigenvalue weighted by Gasteiger charge is 2.32. The molecule has 0 aliphatic heterocycles. The number of carbonyl (C=O) groups excluding carboxylic acids is 4. The third-order valence-corrected chi connectivity index (χ3v) is 8.93. The monoisotopic (exact) mass is 719 g/mol. The molecule has 0 saturated heterocycles. The molecule has 0 fully saturated rings. The number of aliphatic hydroxyl groups excluding tert-OH is 1. The Morgan fingerprint density at radius 3 is 1.38 bits per heavy atom. The van der Waals surface area contributed by atoms with E-state index >= 15 is 0 Å². The number of carbonyl (C=O) groups is 4. The molecule has 10 nitrogen and oxygen atoms in total. The lowest BCUT2D eigenvalue weighted by molar-refractivity contribution is -0.134. The van der Waals surface area contributed by atoms with Gasteiger partial charge in [-0.1, -0.05) is 149 Å². The Hall–Kier alpha value is -5.32. The van der Waals surface area contributed by atoms with Crippen molar-refractivity contribution in [3.8, 4) is 0 Å². The van der Waals surface area contributed by atoms with Gasteiger partial charge in [0.15, 0.2) is 0 Å². The lowest BCUT2D eigenvalue weighted by Crippen LogP contribution is -2.59. The molecule has 4 aromatic carbocycles. The molecule has 0 unspecified atom stereocenters. The zero-order valence-corrected chi connectivity index (χ0v) is 31.1. The molecule has 5 N–H and O–H groups in total. The fraction of sp³-hybridized carbons (Fsp3) is 0.349. The van der Waals surface area contributed by atoms with Gasteiger partial charge in [-0.05, 0) is 40.5 Å². The third kappa shape index (κ3) is 13.6. The molecule has 0 heterocycles. The maximum atomic E-state index is 13.9. The number of amides is 4. The van der Waals surface area contributed by atoms with Crippen molar-refractivity contribution in [1.82, 2.24) is 26.4 Å². The summed E-state index contributed by atoms with van der Waals surface area (Å²) in [5, 5.41) is 22.3. The summed E-state index contributed by atoms with van der Waals surface area (Å²) in [5.41, 5.74) is 6.41. The third-order valence-electron chi connectivity index (χ3n) is 8.93. The molecule has 0 radical (unpaired) electrons. The van der Waals surface area contributed by atoms with E-state index in [0.29, 0.717) is 6.42 Å². The van der Waals surface area contributed by atoms with Crippen LogP contribution >= 0.6 is 0 Å². The van der Waals surface area contributed by atoms with Crippen LogP contribution in [-0.4, -0.2) is 64.5 Å². The normalized spacial score (nSPS) is 13.5. The highest BCUT2D eigenvalue weighted by Crippen LogP contribution is 2.13. The van der Waals surface area contributed by atoms with Crippen molar-refractivity contribution in [1.29, 1.82) is 0 Å². The largest absolute Gasteiger partial charge is 0.390 e. The number of hydrogen-bond donors (Lipinski definition) is 5. The van der Waals surface area contributed by atoms with Crippen LogP contribution < -0.4 is 21.4 Å². The molecule has 0 aliphatic rings. The predicted octanol–water partition coefficient (Wildman–Crippen LogP) is 4.38. The van der Waals surface area contributed by atoms with E-state index in [1.54, 1.807) is 5.01 Å². The SMILES string of the molecule is CC(C)[C@H](NC(=O)Cc1ccccc1)C(=O)N[C@@H](Cc1ccccc1)[C@@H](O)CN(Cc1ccccc1)NC(=O)[C@@H](NC(=O)Cc1ccccc1)C(C)C. The second kappa shape index (κ2) is 20.7. The number of nitrogens with one attached hydrogen (secondary N) is 4. The summed E-state index contributed by atoms with van der Waals surface area (Å²) in [7, 11) is 0. The maximum absolute atomic E-state index is 13.9. The Balaban J connectivity index is 1.52. The molecule has 0 saturated carbocycles. The van der Waals surface area contributed by atoms with E-state index in [0.717, 1.165) is 22.3 Å². The van der Waals surface area contributed by atoms with Gasteiger partial charge in [-0.2, -0.15) is 0 Å². The van der Waals surface area contributed by atoms with Crippen LogP contribution in [0, 0.1) is 11.8 Å². The van der Waals surface area contributed by atoms with Crippen molar-refractivity contribution in [2.24, 2.45) is 11.8 Å². The number of hydrazine groups is 1. The first-order chi connectivity index (χ1) is 25.5. The maximum Gasteiger partial charge on any atom is 0.257 e. The molecule has 0 bridgehead atoms. The molecule has 4 rings (SSSR count). The van der Waals surface area contributed by atoms with Crippen molar-refractivity contribution < 1.29 is 24.3 Å². The van der Waals surface area contributed by atoms with E-state index in [-0.39, 0.29) is 49.6 Å². The highest BCUT2D eigenvalue weighted by molar-refractivity contribution is 5.89. The lowest BCUT2D eigenvalue weighted by Gasteiger charge is -2.33. The summed E-state index contributed by atoms with van der Waals surface area (Å²) in [6, 6.07) is 35.2. The van der Waals surface area contributed by atoms with Gasteiger partial charge in [0.05, 0.1) is 25.0 Å². The number of rotatable bonds is 19. The van der Waals surface area contributed by atoms with Crippen LogP contribution in [0.25, 0.3) is 0 Å². The highest BCUT2D eigenvalue weighted by atomic mass is 16.3. The van der Waals surface area contributed by atoms with Crippen LogP contribution in [0.1, 0.15) is 49.9 Å². The zero-order valence-electron chi connectivity index (χ0n) is 31.1. The smallest absolute Gasteiger partial charge is 0.257 e. The van der Waals surface area contributed by atoms with Crippen molar-refractivity contribution in [2.45, 2.75) is 77.7 Å². The number of benzene rings is 4. The summed E-state index contributed by atoms with van der Waals surface area (Å²) in [4.78, 5) is 53.7. The molecule has 4 amide bonds. The number of hydrogen-bond acceptors (Lipinski definition) is 6. The van der Waals surface area contributed by atoms with Crippen molar-refractivity contribution in [3.63, 3.8) is 0 Å². The fourth-order valence-electron chi connectivity index (χ4n) is 6.04. The van der Waals surface area contributed by atoms with E-state index in [2.05, 4.69) is 21.4 Å². The summed E-state index contributed by atoms with van der Waals surface area (Å²) < 4.78 is 0. The molecule has 280 valence electrons. The van der Waals surface area contributed by atoms with Gasteiger partial charge in [-0.25, -0.2) is 5.01 Å². The average molecular weight is 720 g/mol. The summed E-state index contributed by atoms with van der Waals surface area (Å²) in [5.74, 6) is -1.86. The fourth-order valence-corrected chi connectivity index (χ4v) is 6.04. The minimum Gasteiger partial charge on any atom is -0.390 e. The van der Waals surface area contributed by atoms with E-state index in [9.17, 15) is 24.3 Å². The molecule has 0 spiro atoms. The molecular formula is C43H53N5O5. The lowest BCUT2D eigenvalue weighted by atomic mass is 9.98. The molecule has 10 heteroatoms. The van der Waals surface area contributed by atoms with Crippen molar-refractivity contribution in [3.05, 3.63) is 144 Å². The Kier molecular flexibility index (Phi) is 15.8. The summed E-state index contributed by atoms with van der Waals surface area (Å²) in [6.07, 6.45) is -0.588. The molecule has 4 atom stereocenters. The van der Waals surface area contributed by atoms with Gasteiger partial charge >= 0.3 is 0 Å². The average Bonchev–Trinajstić information content (AvgIpc) is 3.14. The van der Waals surface area contributed by atoms with Crippen molar-refractivity contribution >= 4 is 23.6 Å². The number of aliphatic hydroxyl groups is 1. The van der Waals surface area contributed by atoms with Crippen LogP contribution in [0.3, 0.4) is 0 Å². The zero-order chi connectivity index (χ0) is 38.2. The Morgan fingerprint density at radius 1 is 0.547 bits per heavy atom. The van der Waals surface area contributed by atoms with Gasteiger partial charge in [0.1, 0.15) is 12.1 Å². The molecule has 53 heavy (non-hydrogen) atoms. The molecule has 0 aliphatic carbocycles. The molecular weight excluding hydrogens is 667 g/mol. The Labute approximate surface area is 313 Å². The standard InChI is InChI=1S/C43H53N5O5/c1-30(2)40(45-38(50)26-33-19-11-6-12-20-33)42(52)44-36(25-32-17-9-5-10-18-32)37(49)29-48(28-35-23-15-8-16-24-35)47-43(53)41(31(3)4)46-39(51)27-34-21-13-7-14-22-34/h5-24,30-31,36-37,40-41,49H,25-29H2,1-4H3,(H,44,52)(H,45,50)(H,46,51)(H,47,53)/t36-,37-,40-,41-/m0/s1. The quantitative estimate of drug-likeness (QED) is 0.0913. The topological polar surface area (TPSA) is 140 Å². The minimum atomic E-state index is -1.15.